The molecular formula is C16H27NO2S. The lowest BCUT2D eigenvalue weighted by molar-refractivity contribution is 0.386. The van der Waals surface area contributed by atoms with Gasteiger partial charge in [0.2, 0.25) is 0 Å². The van der Waals surface area contributed by atoms with Crippen LogP contribution in [0.3, 0.4) is 0 Å². The van der Waals surface area contributed by atoms with E-state index >= 15 is 0 Å². The molecule has 0 aromatic heterocycles. The minimum absolute atomic E-state index is 0.322. The van der Waals surface area contributed by atoms with Crippen LogP contribution >= 0.6 is 11.8 Å². The van der Waals surface area contributed by atoms with Crippen LogP contribution in [0.25, 0.3) is 0 Å². The van der Waals surface area contributed by atoms with E-state index in [1.807, 2.05) is 23.9 Å². The first-order valence-electron chi connectivity index (χ1n) is 7.29. The molecule has 0 bridgehead atoms. The quantitative estimate of drug-likeness (QED) is 0.664. The molecular weight excluding hydrogens is 270 g/mol. The van der Waals surface area contributed by atoms with Crippen molar-refractivity contribution < 1.29 is 9.47 Å². The van der Waals surface area contributed by atoms with Crippen molar-refractivity contribution >= 4 is 11.8 Å². The number of thioether (sulfide) groups is 1. The minimum atomic E-state index is 0.322. The number of methoxy groups -OCH3 is 2. The molecule has 0 saturated carbocycles. The molecule has 0 heterocycles. The average molecular weight is 297 g/mol. The summed E-state index contributed by atoms with van der Waals surface area (Å²) in [5.74, 6) is 4.01. The molecule has 20 heavy (non-hydrogen) atoms. The molecule has 0 amide bonds. The van der Waals surface area contributed by atoms with Gasteiger partial charge in [0.15, 0.2) is 0 Å². The summed E-state index contributed by atoms with van der Waals surface area (Å²) >= 11 is 2.00. The molecule has 0 aliphatic carbocycles. The van der Waals surface area contributed by atoms with Gasteiger partial charge in [0, 0.05) is 23.4 Å². The van der Waals surface area contributed by atoms with Gasteiger partial charge >= 0.3 is 0 Å². The largest absolute Gasteiger partial charge is 0.497 e. The molecule has 0 spiro atoms. The molecule has 0 fully saturated rings. The van der Waals surface area contributed by atoms with Gasteiger partial charge in [-0.2, -0.15) is 11.8 Å². The van der Waals surface area contributed by atoms with Crippen molar-refractivity contribution in [1.29, 1.82) is 0 Å². The van der Waals surface area contributed by atoms with Gasteiger partial charge in [0.05, 0.1) is 14.2 Å². The molecule has 1 aromatic carbocycles. The molecule has 1 unspecified atom stereocenters. The zero-order valence-electron chi connectivity index (χ0n) is 13.1. The number of unbranched alkanes of at least 4 members (excludes halogenated alkanes) is 1. The van der Waals surface area contributed by atoms with Crippen molar-refractivity contribution in [1.82, 2.24) is 5.32 Å². The van der Waals surface area contributed by atoms with Crippen LogP contribution in [0.15, 0.2) is 18.2 Å². The summed E-state index contributed by atoms with van der Waals surface area (Å²) in [5, 5.41) is 3.55. The monoisotopic (exact) mass is 297 g/mol. The second-order valence-electron chi connectivity index (χ2n) is 4.65. The van der Waals surface area contributed by atoms with Crippen molar-refractivity contribution in [2.24, 2.45) is 0 Å². The molecule has 1 rings (SSSR count). The van der Waals surface area contributed by atoms with Crippen LogP contribution in [0, 0.1) is 0 Å². The number of rotatable bonds is 10. The summed E-state index contributed by atoms with van der Waals surface area (Å²) in [7, 11) is 3.39. The third-order valence-electron chi connectivity index (χ3n) is 3.19. The van der Waals surface area contributed by atoms with Gasteiger partial charge in [0.1, 0.15) is 11.5 Å². The molecule has 0 saturated heterocycles. The topological polar surface area (TPSA) is 30.5 Å². The summed E-state index contributed by atoms with van der Waals surface area (Å²) in [5.41, 5.74) is 1.21. The Hall–Kier alpha value is -0.870. The fraction of sp³-hybridized carbons (Fsp3) is 0.625. The van der Waals surface area contributed by atoms with Gasteiger partial charge in [-0.05, 0) is 24.8 Å². The second-order valence-corrected chi connectivity index (χ2v) is 5.80. The number of benzene rings is 1. The van der Waals surface area contributed by atoms with Crippen LogP contribution in [-0.2, 0) is 0 Å². The Kier molecular flexibility index (Phi) is 8.54. The van der Waals surface area contributed by atoms with Crippen LogP contribution < -0.4 is 14.8 Å². The van der Waals surface area contributed by atoms with E-state index in [4.69, 9.17) is 9.47 Å². The Morgan fingerprint density at radius 3 is 2.60 bits per heavy atom. The molecule has 3 nitrogen and oxygen atoms in total. The second kappa shape index (κ2) is 9.94. The lowest BCUT2D eigenvalue weighted by Gasteiger charge is -2.21. The molecule has 1 atom stereocenters. The molecule has 0 aliphatic rings. The maximum atomic E-state index is 5.51. The molecule has 0 radical (unpaired) electrons. The van der Waals surface area contributed by atoms with Crippen LogP contribution in [0.5, 0.6) is 11.5 Å². The van der Waals surface area contributed by atoms with Crippen LogP contribution in [0.2, 0.25) is 0 Å². The number of nitrogens with one attached hydrogen (secondary N) is 1. The number of hydrogen-bond acceptors (Lipinski definition) is 4. The highest BCUT2D eigenvalue weighted by Gasteiger charge is 2.16. The van der Waals surface area contributed by atoms with Gasteiger partial charge in [-0.3, -0.25) is 0 Å². The maximum absolute atomic E-state index is 5.51. The predicted molar refractivity (Wildman–Crippen MR) is 88.2 cm³/mol. The molecule has 1 aromatic rings. The fourth-order valence-corrected chi connectivity index (χ4v) is 3.25. The lowest BCUT2D eigenvalue weighted by atomic mass is 10.1. The van der Waals surface area contributed by atoms with E-state index in [2.05, 4.69) is 25.2 Å². The predicted octanol–water partition coefficient (Wildman–Crippen LogP) is 3.89. The Labute approximate surface area is 127 Å². The summed E-state index contributed by atoms with van der Waals surface area (Å²) in [6.45, 7) is 5.32. The van der Waals surface area contributed by atoms with Gasteiger partial charge in [-0.25, -0.2) is 0 Å². The SMILES string of the molecule is CCCCSCC(NCC)c1ccc(OC)cc1OC. The third kappa shape index (κ3) is 5.25. The van der Waals surface area contributed by atoms with Gasteiger partial charge in [-0.1, -0.05) is 26.3 Å². The molecule has 0 aliphatic heterocycles. The Morgan fingerprint density at radius 2 is 2.00 bits per heavy atom. The summed E-state index contributed by atoms with van der Waals surface area (Å²) in [6.07, 6.45) is 2.54. The van der Waals surface area contributed by atoms with E-state index in [0.29, 0.717) is 6.04 Å². The van der Waals surface area contributed by atoms with Crippen LogP contribution in [-0.4, -0.2) is 32.3 Å². The highest BCUT2D eigenvalue weighted by Crippen LogP contribution is 2.31. The van der Waals surface area contributed by atoms with E-state index in [1.165, 1.54) is 24.2 Å². The highest BCUT2D eigenvalue weighted by molar-refractivity contribution is 7.99. The van der Waals surface area contributed by atoms with Crippen LogP contribution in [0.4, 0.5) is 0 Å². The highest BCUT2D eigenvalue weighted by atomic mass is 32.2. The van der Waals surface area contributed by atoms with Gasteiger partial charge in [-0.15, -0.1) is 0 Å². The Bertz CT molecular complexity index is 385. The minimum Gasteiger partial charge on any atom is -0.497 e. The summed E-state index contributed by atoms with van der Waals surface area (Å²) in [6, 6.07) is 6.38. The fourth-order valence-electron chi connectivity index (χ4n) is 2.06. The smallest absolute Gasteiger partial charge is 0.127 e. The first kappa shape index (κ1) is 17.2. The number of hydrogen-bond donors (Lipinski definition) is 1. The third-order valence-corrected chi connectivity index (χ3v) is 4.34. The first-order chi connectivity index (χ1) is 9.76. The Balaban J connectivity index is 2.78. The first-order valence-corrected chi connectivity index (χ1v) is 8.45. The van der Waals surface area contributed by atoms with E-state index < -0.39 is 0 Å². The van der Waals surface area contributed by atoms with Gasteiger partial charge in [0.25, 0.3) is 0 Å². The summed E-state index contributed by atoms with van der Waals surface area (Å²) < 4.78 is 10.8. The Morgan fingerprint density at radius 1 is 1.20 bits per heavy atom. The summed E-state index contributed by atoms with van der Waals surface area (Å²) in [4.78, 5) is 0. The molecule has 4 heteroatoms. The van der Waals surface area contributed by atoms with Crippen molar-refractivity contribution in [2.45, 2.75) is 32.7 Å². The normalized spacial score (nSPS) is 12.2. The maximum Gasteiger partial charge on any atom is 0.127 e. The van der Waals surface area contributed by atoms with E-state index in [1.54, 1.807) is 14.2 Å². The van der Waals surface area contributed by atoms with Crippen molar-refractivity contribution in [3.8, 4) is 11.5 Å². The standard InChI is InChI=1S/C16H27NO2S/c1-5-7-10-20-12-15(17-6-2)14-9-8-13(18-3)11-16(14)19-4/h8-9,11,15,17H,5-7,10,12H2,1-4H3. The zero-order chi connectivity index (χ0) is 14.8. The molecule has 114 valence electrons. The van der Waals surface area contributed by atoms with E-state index in [9.17, 15) is 0 Å². The number of ether oxygens (including phenoxy) is 2. The molecule has 1 N–H and O–H groups in total. The average Bonchev–Trinajstić information content (AvgIpc) is 2.49. The van der Waals surface area contributed by atoms with Crippen molar-refractivity contribution in [3.63, 3.8) is 0 Å². The van der Waals surface area contributed by atoms with Crippen molar-refractivity contribution in [3.05, 3.63) is 23.8 Å². The van der Waals surface area contributed by atoms with Crippen molar-refractivity contribution in [2.75, 3.05) is 32.3 Å². The lowest BCUT2D eigenvalue weighted by Crippen LogP contribution is -2.23. The van der Waals surface area contributed by atoms with E-state index in [-0.39, 0.29) is 0 Å². The van der Waals surface area contributed by atoms with E-state index in [0.717, 1.165) is 23.8 Å². The van der Waals surface area contributed by atoms with Gasteiger partial charge < -0.3 is 14.8 Å². The van der Waals surface area contributed by atoms with Crippen LogP contribution in [0.1, 0.15) is 38.3 Å². The zero-order valence-corrected chi connectivity index (χ0v) is 13.9.